The molecule has 0 saturated heterocycles. The Balaban J connectivity index is 3.61. The topological polar surface area (TPSA) is 64.5 Å². The number of aliphatic hydroxyl groups excluding tert-OH is 2. The van der Waals surface area contributed by atoms with Crippen LogP contribution in [0.15, 0.2) is 0 Å². The molecule has 0 aliphatic heterocycles. The molecule has 74 valence electrons. The van der Waals surface area contributed by atoms with Crippen molar-refractivity contribution in [1.82, 2.24) is 10.6 Å². The van der Waals surface area contributed by atoms with Crippen molar-refractivity contribution in [3.63, 3.8) is 0 Å². The van der Waals surface area contributed by atoms with Gasteiger partial charge >= 0.3 is 0 Å². The molecule has 2 unspecified atom stereocenters. The minimum Gasteiger partial charge on any atom is -0.395 e. The summed E-state index contributed by atoms with van der Waals surface area (Å²) in [5, 5.41) is 24.2. The van der Waals surface area contributed by atoms with Crippen LogP contribution >= 0.6 is 0 Å². The molecule has 0 spiro atoms. The molecule has 0 bridgehead atoms. The van der Waals surface area contributed by atoms with Crippen molar-refractivity contribution < 1.29 is 10.2 Å². The average Bonchev–Trinajstić information content (AvgIpc) is 2.03. The fourth-order valence-corrected chi connectivity index (χ4v) is 0.904. The van der Waals surface area contributed by atoms with E-state index < -0.39 is 6.10 Å². The molecule has 0 amide bonds. The summed E-state index contributed by atoms with van der Waals surface area (Å²) in [5.74, 6) is 0. The maximum atomic E-state index is 9.47. The van der Waals surface area contributed by atoms with Gasteiger partial charge in [-0.05, 0) is 7.05 Å². The third-order valence-electron chi connectivity index (χ3n) is 1.77. The smallest absolute Gasteiger partial charge is 0.0839 e. The van der Waals surface area contributed by atoms with Gasteiger partial charge in [-0.15, -0.1) is 0 Å². The second-order valence-electron chi connectivity index (χ2n) is 3.21. The first-order chi connectivity index (χ1) is 5.61. The van der Waals surface area contributed by atoms with Gasteiger partial charge in [0.15, 0.2) is 0 Å². The van der Waals surface area contributed by atoms with E-state index in [-0.39, 0.29) is 12.6 Å². The summed E-state index contributed by atoms with van der Waals surface area (Å²) in [5.41, 5.74) is 0. The Kier molecular flexibility index (Phi) is 6.28. The van der Waals surface area contributed by atoms with Crippen LogP contribution in [-0.4, -0.2) is 48.6 Å². The molecule has 2 atom stereocenters. The van der Waals surface area contributed by atoms with Crippen LogP contribution in [0.1, 0.15) is 13.8 Å². The Bertz CT molecular complexity index is 105. The Hall–Kier alpha value is -0.160. The van der Waals surface area contributed by atoms with Gasteiger partial charge in [-0.1, -0.05) is 13.8 Å². The van der Waals surface area contributed by atoms with Crippen molar-refractivity contribution in [2.75, 3.05) is 20.2 Å². The molecule has 0 aliphatic carbocycles. The Morgan fingerprint density at radius 3 is 2.25 bits per heavy atom. The zero-order valence-corrected chi connectivity index (χ0v) is 8.04. The first-order valence-electron chi connectivity index (χ1n) is 4.31. The number of hydrogen-bond donors (Lipinski definition) is 4. The molecule has 0 radical (unpaired) electrons. The fourth-order valence-electron chi connectivity index (χ4n) is 0.904. The molecule has 0 aromatic carbocycles. The second-order valence-corrected chi connectivity index (χ2v) is 3.21. The van der Waals surface area contributed by atoms with Gasteiger partial charge in [-0.25, -0.2) is 0 Å². The minimum atomic E-state index is -0.539. The number of likely N-dealkylation sites (N-methyl/N-ethyl adjacent to an activating group) is 1. The largest absolute Gasteiger partial charge is 0.395 e. The summed E-state index contributed by atoms with van der Waals surface area (Å²) < 4.78 is 0. The van der Waals surface area contributed by atoms with Crippen molar-refractivity contribution in [1.29, 1.82) is 0 Å². The quantitative estimate of drug-likeness (QED) is 0.416. The van der Waals surface area contributed by atoms with Gasteiger partial charge in [0, 0.05) is 12.6 Å². The Morgan fingerprint density at radius 1 is 1.33 bits per heavy atom. The van der Waals surface area contributed by atoms with Crippen LogP contribution in [0.25, 0.3) is 0 Å². The molecule has 0 saturated carbocycles. The third-order valence-corrected chi connectivity index (χ3v) is 1.77. The van der Waals surface area contributed by atoms with E-state index in [2.05, 4.69) is 10.6 Å². The highest BCUT2D eigenvalue weighted by Gasteiger charge is 2.15. The maximum absolute atomic E-state index is 9.47. The second kappa shape index (κ2) is 6.37. The monoisotopic (exact) mass is 176 g/mol. The first-order valence-corrected chi connectivity index (χ1v) is 4.31. The molecule has 12 heavy (non-hydrogen) atoms. The van der Waals surface area contributed by atoms with E-state index in [0.717, 1.165) is 0 Å². The number of aliphatic hydroxyl groups is 2. The molecule has 4 nitrogen and oxygen atoms in total. The third kappa shape index (κ3) is 4.66. The lowest BCUT2D eigenvalue weighted by atomic mass is 10.1. The van der Waals surface area contributed by atoms with Gasteiger partial charge in [0.25, 0.3) is 0 Å². The van der Waals surface area contributed by atoms with Crippen LogP contribution < -0.4 is 10.6 Å². The van der Waals surface area contributed by atoms with Gasteiger partial charge in [0.2, 0.25) is 0 Å². The molecule has 0 heterocycles. The lowest BCUT2D eigenvalue weighted by Crippen LogP contribution is -2.47. The van der Waals surface area contributed by atoms with Gasteiger partial charge < -0.3 is 20.8 Å². The molecule has 0 aromatic heterocycles. The summed E-state index contributed by atoms with van der Waals surface area (Å²) in [6.45, 7) is 4.49. The Morgan fingerprint density at radius 2 is 1.92 bits per heavy atom. The summed E-state index contributed by atoms with van der Waals surface area (Å²) in [4.78, 5) is 0. The standard InChI is InChI=1S/C8H20N2O2/c1-6(2)10-4-8(12)7(5-11)9-3/h6-12H,4-5H2,1-3H3. The summed E-state index contributed by atoms with van der Waals surface area (Å²) in [6.07, 6.45) is -0.539. The van der Waals surface area contributed by atoms with Crippen LogP contribution in [0.4, 0.5) is 0 Å². The molecule has 4 N–H and O–H groups in total. The van der Waals surface area contributed by atoms with Gasteiger partial charge in [0.1, 0.15) is 0 Å². The highest BCUT2D eigenvalue weighted by Crippen LogP contribution is 1.91. The summed E-state index contributed by atoms with van der Waals surface area (Å²) in [7, 11) is 1.72. The lowest BCUT2D eigenvalue weighted by molar-refractivity contribution is 0.0916. The summed E-state index contributed by atoms with van der Waals surface area (Å²) in [6, 6.07) is 0.118. The zero-order chi connectivity index (χ0) is 9.56. The van der Waals surface area contributed by atoms with Crippen LogP contribution in [0.3, 0.4) is 0 Å². The molecule has 0 rings (SSSR count). The zero-order valence-electron chi connectivity index (χ0n) is 8.04. The van der Waals surface area contributed by atoms with E-state index in [0.29, 0.717) is 12.6 Å². The van der Waals surface area contributed by atoms with Crippen LogP contribution in [0.5, 0.6) is 0 Å². The summed E-state index contributed by atoms with van der Waals surface area (Å²) >= 11 is 0. The average molecular weight is 176 g/mol. The van der Waals surface area contributed by atoms with E-state index in [1.165, 1.54) is 0 Å². The molecule has 0 fully saturated rings. The van der Waals surface area contributed by atoms with Crippen molar-refractivity contribution >= 4 is 0 Å². The van der Waals surface area contributed by atoms with Gasteiger partial charge in [0.05, 0.1) is 18.8 Å². The van der Waals surface area contributed by atoms with E-state index in [1.54, 1.807) is 7.05 Å². The van der Waals surface area contributed by atoms with Gasteiger partial charge in [-0.2, -0.15) is 0 Å². The van der Waals surface area contributed by atoms with Crippen molar-refractivity contribution in [2.45, 2.75) is 32.0 Å². The fraction of sp³-hybridized carbons (Fsp3) is 1.00. The first kappa shape index (κ1) is 11.8. The van der Waals surface area contributed by atoms with Crippen LogP contribution in [0.2, 0.25) is 0 Å². The normalized spacial score (nSPS) is 16.5. The number of hydrogen-bond acceptors (Lipinski definition) is 4. The van der Waals surface area contributed by atoms with E-state index >= 15 is 0 Å². The Labute approximate surface area is 74.0 Å². The van der Waals surface area contributed by atoms with Crippen molar-refractivity contribution in [3.8, 4) is 0 Å². The number of nitrogens with one attached hydrogen (secondary N) is 2. The lowest BCUT2D eigenvalue weighted by Gasteiger charge is -2.21. The van der Waals surface area contributed by atoms with Crippen molar-refractivity contribution in [2.24, 2.45) is 0 Å². The van der Waals surface area contributed by atoms with E-state index in [1.807, 2.05) is 13.8 Å². The van der Waals surface area contributed by atoms with Crippen LogP contribution in [0, 0.1) is 0 Å². The SMILES string of the molecule is CNC(CO)C(O)CNC(C)C. The minimum absolute atomic E-state index is 0.0442. The predicted molar refractivity (Wildman–Crippen MR) is 49.1 cm³/mol. The molecule has 0 aromatic rings. The number of rotatable bonds is 6. The predicted octanol–water partition coefficient (Wildman–Crippen LogP) is -1.07. The van der Waals surface area contributed by atoms with Gasteiger partial charge in [-0.3, -0.25) is 0 Å². The highest BCUT2D eigenvalue weighted by molar-refractivity contribution is 4.75. The molecular formula is C8H20N2O2. The van der Waals surface area contributed by atoms with E-state index in [4.69, 9.17) is 5.11 Å². The van der Waals surface area contributed by atoms with Crippen LogP contribution in [-0.2, 0) is 0 Å². The maximum Gasteiger partial charge on any atom is 0.0839 e. The van der Waals surface area contributed by atoms with E-state index in [9.17, 15) is 5.11 Å². The molecule has 0 aliphatic rings. The molecule has 4 heteroatoms. The molecular weight excluding hydrogens is 156 g/mol. The highest BCUT2D eigenvalue weighted by atomic mass is 16.3. The van der Waals surface area contributed by atoms with Crippen molar-refractivity contribution in [3.05, 3.63) is 0 Å².